The highest BCUT2D eigenvalue weighted by Crippen LogP contribution is 2.21. The molecule has 0 N–H and O–H groups in total. The highest BCUT2D eigenvalue weighted by Gasteiger charge is 2.21. The van der Waals surface area contributed by atoms with Crippen molar-refractivity contribution in [1.29, 1.82) is 5.26 Å². The van der Waals surface area contributed by atoms with Gasteiger partial charge in [0, 0.05) is 5.56 Å². The van der Waals surface area contributed by atoms with E-state index in [0.29, 0.717) is 5.56 Å². The molecule has 0 aromatic heterocycles. The first-order valence-electron chi connectivity index (χ1n) is 6.19. The average molecular weight is 249 g/mol. The van der Waals surface area contributed by atoms with Crippen molar-refractivity contribution < 1.29 is 4.79 Å². The summed E-state index contributed by atoms with van der Waals surface area (Å²) in [5.41, 5.74) is 3.47. The van der Waals surface area contributed by atoms with E-state index in [9.17, 15) is 10.1 Å². The lowest BCUT2D eigenvalue weighted by Gasteiger charge is -2.09. The van der Waals surface area contributed by atoms with Crippen LogP contribution in [0.1, 0.15) is 33.0 Å². The molecule has 0 aliphatic carbocycles. The van der Waals surface area contributed by atoms with Gasteiger partial charge in [0.25, 0.3) is 0 Å². The van der Waals surface area contributed by atoms with Gasteiger partial charge in [-0.1, -0.05) is 53.6 Å². The summed E-state index contributed by atoms with van der Waals surface area (Å²) in [5.74, 6) is -0.877. The number of carbonyl (C=O) groups is 1. The fraction of sp³-hybridized carbons (Fsp3) is 0.176. The average Bonchev–Trinajstić information content (AvgIpc) is 2.41. The van der Waals surface area contributed by atoms with Crippen LogP contribution in [0.25, 0.3) is 0 Å². The first-order valence-corrected chi connectivity index (χ1v) is 6.19. The molecule has 94 valence electrons. The van der Waals surface area contributed by atoms with Crippen LogP contribution in [-0.4, -0.2) is 5.78 Å². The van der Waals surface area contributed by atoms with Crippen LogP contribution >= 0.6 is 0 Å². The quantitative estimate of drug-likeness (QED) is 0.776. The molecule has 2 aromatic carbocycles. The van der Waals surface area contributed by atoms with E-state index in [2.05, 4.69) is 6.07 Å². The predicted molar refractivity (Wildman–Crippen MR) is 75.0 cm³/mol. The number of ketones is 1. The van der Waals surface area contributed by atoms with Crippen molar-refractivity contribution in [2.75, 3.05) is 0 Å². The molecule has 0 spiro atoms. The minimum atomic E-state index is -0.734. The van der Waals surface area contributed by atoms with E-state index >= 15 is 0 Å². The van der Waals surface area contributed by atoms with Crippen LogP contribution in [0.2, 0.25) is 0 Å². The van der Waals surface area contributed by atoms with Crippen LogP contribution in [0.4, 0.5) is 0 Å². The minimum absolute atomic E-state index is 0.143. The van der Waals surface area contributed by atoms with E-state index in [0.717, 1.165) is 16.7 Å². The monoisotopic (exact) mass is 249 g/mol. The molecular weight excluding hydrogens is 234 g/mol. The van der Waals surface area contributed by atoms with Crippen molar-refractivity contribution in [2.24, 2.45) is 0 Å². The van der Waals surface area contributed by atoms with Gasteiger partial charge in [0.15, 0.2) is 5.78 Å². The van der Waals surface area contributed by atoms with Crippen molar-refractivity contribution >= 4 is 5.78 Å². The van der Waals surface area contributed by atoms with Crippen molar-refractivity contribution in [3.63, 3.8) is 0 Å². The second-order valence-electron chi connectivity index (χ2n) is 4.71. The molecule has 0 heterocycles. The highest BCUT2D eigenvalue weighted by atomic mass is 16.1. The molecule has 0 radical (unpaired) electrons. The third-order valence-electron chi connectivity index (χ3n) is 3.10. The van der Waals surface area contributed by atoms with Gasteiger partial charge in [-0.15, -0.1) is 0 Å². The Morgan fingerprint density at radius 2 is 1.74 bits per heavy atom. The zero-order valence-corrected chi connectivity index (χ0v) is 11.1. The summed E-state index contributed by atoms with van der Waals surface area (Å²) in [6.07, 6.45) is 0. The molecule has 0 fully saturated rings. The van der Waals surface area contributed by atoms with Gasteiger partial charge >= 0.3 is 0 Å². The molecule has 2 nitrogen and oxygen atoms in total. The summed E-state index contributed by atoms with van der Waals surface area (Å²) < 4.78 is 0. The lowest BCUT2D eigenvalue weighted by atomic mass is 9.91. The first kappa shape index (κ1) is 13.0. The lowest BCUT2D eigenvalue weighted by molar-refractivity contribution is 0.0979. The molecule has 0 saturated heterocycles. The number of benzene rings is 2. The number of hydrogen-bond acceptors (Lipinski definition) is 2. The maximum atomic E-state index is 12.4. The van der Waals surface area contributed by atoms with E-state index in [-0.39, 0.29) is 5.78 Å². The second-order valence-corrected chi connectivity index (χ2v) is 4.71. The van der Waals surface area contributed by atoms with Gasteiger partial charge in [0.05, 0.1) is 6.07 Å². The van der Waals surface area contributed by atoms with E-state index in [1.165, 1.54) is 0 Å². The fourth-order valence-corrected chi connectivity index (χ4v) is 2.01. The van der Waals surface area contributed by atoms with Crippen LogP contribution in [0.3, 0.4) is 0 Å². The highest BCUT2D eigenvalue weighted by molar-refractivity contribution is 6.02. The van der Waals surface area contributed by atoms with Crippen LogP contribution in [-0.2, 0) is 0 Å². The number of Topliss-reactive ketones (excluding diaryl/α,β-unsaturated/α-hetero) is 1. The van der Waals surface area contributed by atoms with Gasteiger partial charge in [0.1, 0.15) is 5.92 Å². The molecule has 0 saturated carbocycles. The van der Waals surface area contributed by atoms with Crippen molar-refractivity contribution in [3.05, 3.63) is 70.8 Å². The fourth-order valence-electron chi connectivity index (χ4n) is 2.01. The third-order valence-corrected chi connectivity index (χ3v) is 3.10. The predicted octanol–water partition coefficient (Wildman–Crippen LogP) is 3.79. The Bertz CT molecular complexity index is 635. The summed E-state index contributed by atoms with van der Waals surface area (Å²) >= 11 is 0. The van der Waals surface area contributed by atoms with E-state index in [4.69, 9.17) is 0 Å². The maximum absolute atomic E-state index is 12.4. The smallest absolute Gasteiger partial charge is 0.184 e. The lowest BCUT2D eigenvalue weighted by Crippen LogP contribution is -2.11. The molecule has 2 rings (SSSR count). The van der Waals surface area contributed by atoms with Gasteiger partial charge in [0.2, 0.25) is 0 Å². The second kappa shape index (κ2) is 5.49. The van der Waals surface area contributed by atoms with Crippen molar-refractivity contribution in [2.45, 2.75) is 19.8 Å². The standard InChI is InChI=1S/C17H15NO/c1-12-6-8-14(9-7-12)16(11-18)17(19)15-5-3-4-13(2)10-15/h3-10,16H,1-2H3. The summed E-state index contributed by atoms with van der Waals surface area (Å²) in [6, 6.07) is 17.0. The van der Waals surface area contributed by atoms with Crippen LogP contribution in [0, 0.1) is 25.2 Å². The Kier molecular flexibility index (Phi) is 3.77. The van der Waals surface area contributed by atoms with Crippen LogP contribution in [0.5, 0.6) is 0 Å². The molecular formula is C17H15NO. The number of rotatable bonds is 3. The van der Waals surface area contributed by atoms with Gasteiger partial charge in [-0.05, 0) is 25.5 Å². The normalized spacial score (nSPS) is 11.6. The van der Waals surface area contributed by atoms with E-state index < -0.39 is 5.92 Å². The number of carbonyl (C=O) groups excluding carboxylic acids is 1. The minimum Gasteiger partial charge on any atom is -0.292 e. The Morgan fingerprint density at radius 1 is 1.05 bits per heavy atom. The molecule has 0 bridgehead atoms. The summed E-state index contributed by atoms with van der Waals surface area (Å²) in [4.78, 5) is 12.4. The molecule has 0 aliphatic rings. The molecule has 1 atom stereocenters. The molecule has 2 heteroatoms. The Morgan fingerprint density at radius 3 is 2.32 bits per heavy atom. The van der Waals surface area contributed by atoms with E-state index in [1.807, 2.05) is 56.3 Å². The third kappa shape index (κ3) is 2.89. The van der Waals surface area contributed by atoms with Crippen LogP contribution < -0.4 is 0 Å². The molecule has 19 heavy (non-hydrogen) atoms. The van der Waals surface area contributed by atoms with Gasteiger partial charge in [-0.3, -0.25) is 4.79 Å². The van der Waals surface area contributed by atoms with Crippen molar-refractivity contribution in [3.8, 4) is 6.07 Å². The first-order chi connectivity index (χ1) is 9.11. The number of nitrogens with zero attached hydrogens (tertiary/aromatic N) is 1. The maximum Gasteiger partial charge on any atom is 0.184 e. The molecule has 0 amide bonds. The van der Waals surface area contributed by atoms with Crippen LogP contribution in [0.15, 0.2) is 48.5 Å². The Labute approximate surface area is 113 Å². The van der Waals surface area contributed by atoms with Crippen molar-refractivity contribution in [1.82, 2.24) is 0 Å². The Hall–Kier alpha value is -2.40. The van der Waals surface area contributed by atoms with Gasteiger partial charge in [-0.2, -0.15) is 5.26 Å². The molecule has 1 unspecified atom stereocenters. The molecule has 2 aromatic rings. The van der Waals surface area contributed by atoms with Gasteiger partial charge < -0.3 is 0 Å². The zero-order chi connectivity index (χ0) is 13.8. The number of nitriles is 1. The summed E-state index contributed by atoms with van der Waals surface area (Å²) in [7, 11) is 0. The molecule has 0 aliphatic heterocycles. The zero-order valence-electron chi connectivity index (χ0n) is 11.1. The Balaban J connectivity index is 2.35. The van der Waals surface area contributed by atoms with Gasteiger partial charge in [-0.25, -0.2) is 0 Å². The van der Waals surface area contributed by atoms with E-state index in [1.54, 1.807) is 6.07 Å². The summed E-state index contributed by atoms with van der Waals surface area (Å²) in [5, 5.41) is 9.28. The number of hydrogen-bond donors (Lipinski definition) is 0. The number of aryl methyl sites for hydroxylation is 2. The summed E-state index contributed by atoms with van der Waals surface area (Å²) in [6.45, 7) is 3.91. The topological polar surface area (TPSA) is 40.9 Å². The largest absolute Gasteiger partial charge is 0.292 e. The SMILES string of the molecule is Cc1ccc(C(C#N)C(=O)c2cccc(C)c2)cc1.